The van der Waals surface area contributed by atoms with Gasteiger partial charge < -0.3 is 19.2 Å². The molecule has 0 saturated heterocycles. The second-order valence-electron chi connectivity index (χ2n) is 6.02. The molecule has 0 aliphatic carbocycles. The fourth-order valence-corrected chi connectivity index (χ4v) is 3.88. The van der Waals surface area contributed by atoms with E-state index >= 15 is 0 Å². The zero-order chi connectivity index (χ0) is 18.6. The van der Waals surface area contributed by atoms with E-state index in [4.69, 9.17) is 4.74 Å². The van der Waals surface area contributed by atoms with Crippen LogP contribution in [0.25, 0.3) is 21.8 Å². The Labute approximate surface area is 160 Å². The molecule has 0 aliphatic rings. The maximum Gasteiger partial charge on any atom is 0.169 e. The van der Waals surface area contributed by atoms with E-state index in [9.17, 15) is 9.90 Å². The van der Waals surface area contributed by atoms with E-state index in [0.717, 1.165) is 27.6 Å². The van der Waals surface area contributed by atoms with E-state index in [1.165, 1.54) is 11.8 Å². The molecule has 5 nitrogen and oxygen atoms in total. The molecule has 0 amide bonds. The summed E-state index contributed by atoms with van der Waals surface area (Å²) in [5.74, 6) is 0.364. The normalized spacial score (nSPS) is 11.1. The number of fused-ring (bicyclic) bond motifs is 2. The first-order chi connectivity index (χ1) is 13.2. The van der Waals surface area contributed by atoms with E-state index in [2.05, 4.69) is 17.1 Å². The third kappa shape index (κ3) is 3.75. The topological polar surface area (TPSA) is 67.2 Å². The zero-order valence-corrected chi connectivity index (χ0v) is 15.3. The number of aromatic nitrogens is 2. The lowest BCUT2D eigenvalue weighted by Gasteiger charge is -2.11. The maximum absolute atomic E-state index is 11.1. The highest BCUT2D eigenvalue weighted by Crippen LogP contribution is 2.27. The minimum atomic E-state index is -1.13. The lowest BCUT2D eigenvalue weighted by atomic mass is 10.1. The van der Waals surface area contributed by atoms with Crippen molar-refractivity contribution in [2.24, 2.45) is 0 Å². The van der Waals surface area contributed by atoms with Crippen LogP contribution in [0.4, 0.5) is 0 Å². The van der Waals surface area contributed by atoms with Gasteiger partial charge in [-0.25, -0.2) is 4.98 Å². The number of carboxylic acid groups (broad SMARTS) is 1. The predicted octanol–water partition coefficient (Wildman–Crippen LogP) is 3.11. The lowest BCUT2D eigenvalue weighted by Crippen LogP contribution is -2.27. The average molecular weight is 377 g/mol. The molecular formula is C21H17N2O3S-. The summed E-state index contributed by atoms with van der Waals surface area (Å²) in [6, 6.07) is 21.6. The van der Waals surface area contributed by atoms with Gasteiger partial charge in [-0.2, -0.15) is 0 Å². The SMILES string of the molecule is O=C([O-])Cn1c(SCCOc2cccc3ccccc23)nc2ccccc21. The van der Waals surface area contributed by atoms with Crippen molar-refractivity contribution in [1.82, 2.24) is 9.55 Å². The molecule has 0 atom stereocenters. The Morgan fingerprint density at radius 3 is 2.70 bits per heavy atom. The summed E-state index contributed by atoms with van der Waals surface area (Å²) < 4.78 is 7.62. The third-order valence-corrected chi connectivity index (χ3v) is 5.17. The van der Waals surface area contributed by atoms with Crippen molar-refractivity contribution in [1.29, 1.82) is 0 Å². The standard InChI is InChI=1S/C21H18N2O3S/c24-20(25)14-23-18-10-4-3-9-17(18)22-21(23)27-13-12-26-19-11-5-7-15-6-1-2-8-16(15)19/h1-11H,12-14H2,(H,24,25)/p-1. The first kappa shape index (κ1) is 17.4. The quantitative estimate of drug-likeness (QED) is 0.366. The molecule has 27 heavy (non-hydrogen) atoms. The number of carboxylic acids is 1. The number of thioether (sulfide) groups is 1. The van der Waals surface area contributed by atoms with Crippen LogP contribution in [0.1, 0.15) is 0 Å². The molecule has 4 rings (SSSR count). The van der Waals surface area contributed by atoms with Crippen molar-refractivity contribution in [3.8, 4) is 5.75 Å². The molecule has 1 aromatic heterocycles. The average Bonchev–Trinajstić information content (AvgIpc) is 3.02. The number of carbonyl (C=O) groups excluding carboxylic acids is 1. The molecule has 3 aromatic carbocycles. The smallest absolute Gasteiger partial charge is 0.169 e. The van der Waals surface area contributed by atoms with E-state index in [1.807, 2.05) is 54.6 Å². The van der Waals surface area contributed by atoms with Gasteiger partial charge in [-0.05, 0) is 23.6 Å². The van der Waals surface area contributed by atoms with Crippen LogP contribution < -0.4 is 9.84 Å². The molecule has 1 heterocycles. The largest absolute Gasteiger partial charge is 0.548 e. The van der Waals surface area contributed by atoms with Gasteiger partial charge in [-0.15, -0.1) is 0 Å². The van der Waals surface area contributed by atoms with Crippen molar-refractivity contribution in [2.45, 2.75) is 11.7 Å². The second-order valence-corrected chi connectivity index (χ2v) is 7.08. The Kier molecular flexibility index (Phi) is 4.98. The van der Waals surface area contributed by atoms with Crippen molar-refractivity contribution < 1.29 is 14.6 Å². The summed E-state index contributed by atoms with van der Waals surface area (Å²) in [6.07, 6.45) is 0. The van der Waals surface area contributed by atoms with Crippen LogP contribution in [0.5, 0.6) is 5.75 Å². The second kappa shape index (κ2) is 7.72. The number of para-hydroxylation sites is 2. The molecule has 0 saturated carbocycles. The third-order valence-electron chi connectivity index (χ3n) is 4.23. The zero-order valence-electron chi connectivity index (χ0n) is 14.5. The van der Waals surface area contributed by atoms with Crippen LogP contribution in [0.15, 0.2) is 71.9 Å². The Bertz CT molecular complexity index is 1100. The Balaban J connectivity index is 1.47. The van der Waals surface area contributed by atoms with Crippen molar-refractivity contribution in [3.05, 3.63) is 66.7 Å². The molecular weight excluding hydrogens is 360 g/mol. The van der Waals surface area contributed by atoms with E-state index < -0.39 is 5.97 Å². The molecule has 0 aliphatic heterocycles. The maximum atomic E-state index is 11.1. The van der Waals surface area contributed by atoms with Gasteiger partial charge in [0.1, 0.15) is 5.75 Å². The summed E-state index contributed by atoms with van der Waals surface area (Å²) >= 11 is 1.48. The van der Waals surface area contributed by atoms with E-state index in [1.54, 1.807) is 4.57 Å². The highest BCUT2D eigenvalue weighted by molar-refractivity contribution is 7.99. The minimum absolute atomic E-state index is 0.215. The van der Waals surface area contributed by atoms with Crippen LogP contribution in [0.2, 0.25) is 0 Å². The van der Waals surface area contributed by atoms with Crippen LogP contribution in [0.3, 0.4) is 0 Å². The molecule has 6 heteroatoms. The fraction of sp³-hybridized carbons (Fsp3) is 0.143. The van der Waals surface area contributed by atoms with Gasteiger partial charge in [-0.3, -0.25) is 0 Å². The number of benzene rings is 3. The molecule has 4 aromatic rings. The van der Waals surface area contributed by atoms with Crippen molar-refractivity contribution in [3.63, 3.8) is 0 Å². The summed E-state index contributed by atoms with van der Waals surface area (Å²) in [5.41, 5.74) is 1.57. The highest BCUT2D eigenvalue weighted by atomic mass is 32.2. The Hall–Kier alpha value is -2.99. The summed E-state index contributed by atoms with van der Waals surface area (Å²) in [6.45, 7) is 0.278. The van der Waals surface area contributed by atoms with Gasteiger partial charge in [0.2, 0.25) is 0 Å². The number of rotatable bonds is 7. The number of aliphatic carboxylic acids is 1. The Morgan fingerprint density at radius 2 is 1.81 bits per heavy atom. The first-order valence-electron chi connectivity index (χ1n) is 8.61. The number of carbonyl (C=O) groups is 1. The predicted molar refractivity (Wildman–Crippen MR) is 105 cm³/mol. The van der Waals surface area contributed by atoms with E-state index in [0.29, 0.717) is 17.5 Å². The number of nitrogens with zero attached hydrogens (tertiary/aromatic N) is 2. The van der Waals surface area contributed by atoms with Crippen LogP contribution in [-0.2, 0) is 11.3 Å². The molecule has 0 unspecified atom stereocenters. The summed E-state index contributed by atoms with van der Waals surface area (Å²) in [7, 11) is 0. The van der Waals surface area contributed by atoms with Gasteiger partial charge in [0.25, 0.3) is 0 Å². The molecule has 136 valence electrons. The first-order valence-corrected chi connectivity index (χ1v) is 9.59. The van der Waals surface area contributed by atoms with Gasteiger partial charge in [0.05, 0.1) is 30.2 Å². The summed E-state index contributed by atoms with van der Waals surface area (Å²) in [4.78, 5) is 15.6. The summed E-state index contributed by atoms with van der Waals surface area (Å²) in [5, 5.41) is 14.0. The van der Waals surface area contributed by atoms with Crippen LogP contribution >= 0.6 is 11.8 Å². The number of hydrogen-bond acceptors (Lipinski definition) is 5. The molecule has 0 fully saturated rings. The van der Waals surface area contributed by atoms with Crippen LogP contribution in [0, 0.1) is 0 Å². The monoisotopic (exact) mass is 377 g/mol. The van der Waals surface area contributed by atoms with Gasteiger partial charge in [0, 0.05) is 11.1 Å². The molecule has 0 radical (unpaired) electrons. The van der Waals surface area contributed by atoms with Gasteiger partial charge in [0.15, 0.2) is 5.16 Å². The fourth-order valence-electron chi connectivity index (χ4n) is 3.05. The number of hydrogen-bond donors (Lipinski definition) is 0. The lowest BCUT2D eigenvalue weighted by molar-refractivity contribution is -0.306. The van der Waals surface area contributed by atoms with Gasteiger partial charge in [-0.1, -0.05) is 60.3 Å². The highest BCUT2D eigenvalue weighted by Gasteiger charge is 2.11. The van der Waals surface area contributed by atoms with Crippen molar-refractivity contribution in [2.75, 3.05) is 12.4 Å². The number of ether oxygens (including phenoxy) is 1. The molecule has 0 N–H and O–H groups in total. The Morgan fingerprint density at radius 1 is 1.04 bits per heavy atom. The van der Waals surface area contributed by atoms with Crippen LogP contribution in [-0.4, -0.2) is 27.9 Å². The molecule has 0 spiro atoms. The molecule has 0 bridgehead atoms. The number of imidazole rings is 1. The van der Waals surface area contributed by atoms with E-state index in [-0.39, 0.29) is 6.54 Å². The van der Waals surface area contributed by atoms with Gasteiger partial charge >= 0.3 is 0 Å². The minimum Gasteiger partial charge on any atom is -0.548 e. The van der Waals surface area contributed by atoms with Crippen molar-refractivity contribution >= 4 is 39.5 Å².